The van der Waals surface area contributed by atoms with E-state index in [4.69, 9.17) is 15.0 Å². The number of rotatable bonds is 6. The van der Waals surface area contributed by atoms with E-state index in [1.165, 1.54) is 43.8 Å². The van der Waals surface area contributed by atoms with Crippen molar-refractivity contribution >= 4 is 43.6 Å². The Bertz CT molecular complexity index is 3150. The first-order valence-corrected chi connectivity index (χ1v) is 20.5. The summed E-state index contributed by atoms with van der Waals surface area (Å²) in [5.74, 6) is 2.41. The van der Waals surface area contributed by atoms with E-state index in [0.29, 0.717) is 5.82 Å². The Labute approximate surface area is 348 Å². The minimum atomic E-state index is 0.694. The standard InChI is InChI=1S/C55H41N5/c1-34-16-11-26-45-51(34)52-35(2)17-12-27-46(52)59(45)49-31-42(32-50(58-49)60-47-28-13-18-36(3)53(47)54-37(4)19-14-29-48(54)60)40-24-15-25-41(30-40)44-33-43(38-20-7-5-8-21-38)56-55(57-44)39-22-9-6-10-23-39/h5-33H,1-4H3. The van der Waals surface area contributed by atoms with Gasteiger partial charge in [-0.2, -0.15) is 0 Å². The molecule has 60 heavy (non-hydrogen) atoms. The molecule has 0 N–H and O–H groups in total. The predicted octanol–water partition coefficient (Wildman–Crippen LogP) is 14.0. The third-order valence-corrected chi connectivity index (χ3v) is 12.0. The lowest BCUT2D eigenvalue weighted by atomic mass is 10.0. The zero-order valence-corrected chi connectivity index (χ0v) is 34.0. The van der Waals surface area contributed by atoms with Crippen LogP contribution in [0.5, 0.6) is 0 Å². The van der Waals surface area contributed by atoms with Gasteiger partial charge in [0.05, 0.1) is 33.5 Å². The average molecular weight is 772 g/mol. The van der Waals surface area contributed by atoms with Crippen LogP contribution in [0.25, 0.3) is 100 Å². The van der Waals surface area contributed by atoms with Gasteiger partial charge >= 0.3 is 0 Å². The lowest BCUT2D eigenvalue weighted by Crippen LogP contribution is -2.04. The normalized spacial score (nSPS) is 11.7. The summed E-state index contributed by atoms with van der Waals surface area (Å²) in [6.45, 7) is 8.84. The fourth-order valence-electron chi connectivity index (χ4n) is 9.23. The Balaban J connectivity index is 1.18. The molecule has 286 valence electrons. The van der Waals surface area contributed by atoms with Crippen molar-refractivity contribution in [3.05, 3.63) is 198 Å². The highest BCUT2D eigenvalue weighted by molar-refractivity contribution is 6.13. The fourth-order valence-corrected chi connectivity index (χ4v) is 9.23. The summed E-state index contributed by atoms with van der Waals surface area (Å²) in [4.78, 5) is 15.9. The van der Waals surface area contributed by atoms with Crippen molar-refractivity contribution in [3.63, 3.8) is 0 Å². The van der Waals surface area contributed by atoms with Crippen molar-refractivity contribution < 1.29 is 0 Å². The fraction of sp³-hybridized carbons (Fsp3) is 0.0727. The first kappa shape index (κ1) is 35.5. The van der Waals surface area contributed by atoms with Gasteiger partial charge in [0, 0.05) is 38.2 Å². The minimum Gasteiger partial charge on any atom is -0.294 e. The molecular weight excluding hydrogens is 731 g/mol. The molecule has 0 aliphatic heterocycles. The molecule has 0 radical (unpaired) electrons. The van der Waals surface area contributed by atoms with Crippen molar-refractivity contribution in [1.82, 2.24) is 24.1 Å². The maximum absolute atomic E-state index is 5.64. The van der Waals surface area contributed by atoms with Crippen molar-refractivity contribution in [2.24, 2.45) is 0 Å². The van der Waals surface area contributed by atoms with E-state index in [-0.39, 0.29) is 0 Å². The molecule has 0 atom stereocenters. The van der Waals surface area contributed by atoms with Crippen LogP contribution in [0.2, 0.25) is 0 Å². The number of aromatic nitrogens is 5. The molecule has 0 spiro atoms. The number of pyridine rings is 1. The van der Waals surface area contributed by atoms with E-state index in [2.05, 4.69) is 188 Å². The quantitative estimate of drug-likeness (QED) is 0.169. The molecule has 0 unspecified atom stereocenters. The van der Waals surface area contributed by atoms with Gasteiger partial charge in [0.1, 0.15) is 11.6 Å². The van der Waals surface area contributed by atoms with Gasteiger partial charge in [-0.25, -0.2) is 15.0 Å². The largest absolute Gasteiger partial charge is 0.294 e. The molecule has 7 aromatic carbocycles. The summed E-state index contributed by atoms with van der Waals surface area (Å²) in [6, 6.07) is 62.3. The summed E-state index contributed by atoms with van der Waals surface area (Å²) in [7, 11) is 0. The number of nitrogens with zero attached hydrogens (tertiary/aromatic N) is 5. The second-order valence-electron chi connectivity index (χ2n) is 15.9. The molecule has 11 aromatic rings. The first-order chi connectivity index (χ1) is 29.4. The first-order valence-electron chi connectivity index (χ1n) is 20.5. The Morgan fingerprint density at radius 3 is 1.15 bits per heavy atom. The molecule has 0 aliphatic carbocycles. The second-order valence-corrected chi connectivity index (χ2v) is 15.9. The van der Waals surface area contributed by atoms with Crippen molar-refractivity contribution in [3.8, 4) is 56.7 Å². The Morgan fingerprint density at radius 1 is 0.300 bits per heavy atom. The molecule has 5 nitrogen and oxygen atoms in total. The van der Waals surface area contributed by atoms with Gasteiger partial charge in [-0.15, -0.1) is 0 Å². The molecule has 11 rings (SSSR count). The van der Waals surface area contributed by atoms with Gasteiger partial charge in [0.15, 0.2) is 5.82 Å². The van der Waals surface area contributed by atoms with Crippen molar-refractivity contribution in [2.75, 3.05) is 0 Å². The van der Waals surface area contributed by atoms with Crippen molar-refractivity contribution in [2.45, 2.75) is 27.7 Å². The van der Waals surface area contributed by atoms with Crippen LogP contribution in [0, 0.1) is 27.7 Å². The summed E-state index contributed by atoms with van der Waals surface area (Å²) < 4.78 is 4.71. The smallest absolute Gasteiger partial charge is 0.160 e. The van der Waals surface area contributed by atoms with E-state index in [0.717, 1.165) is 72.9 Å². The maximum atomic E-state index is 5.64. The van der Waals surface area contributed by atoms with Gasteiger partial charge in [-0.1, -0.05) is 127 Å². The highest BCUT2D eigenvalue weighted by Gasteiger charge is 2.21. The van der Waals surface area contributed by atoms with Crippen LogP contribution in [-0.4, -0.2) is 24.1 Å². The minimum absolute atomic E-state index is 0.694. The van der Waals surface area contributed by atoms with Crippen LogP contribution in [-0.2, 0) is 0 Å². The summed E-state index contributed by atoms with van der Waals surface area (Å²) in [6.07, 6.45) is 0. The van der Waals surface area contributed by atoms with Gasteiger partial charge in [-0.3, -0.25) is 9.13 Å². The van der Waals surface area contributed by atoms with Gasteiger partial charge in [-0.05, 0) is 110 Å². The Morgan fingerprint density at radius 2 is 0.683 bits per heavy atom. The molecule has 0 aliphatic rings. The van der Waals surface area contributed by atoms with Crippen LogP contribution >= 0.6 is 0 Å². The third kappa shape index (κ3) is 5.73. The Hall–Kier alpha value is -7.63. The monoisotopic (exact) mass is 771 g/mol. The van der Waals surface area contributed by atoms with Gasteiger partial charge < -0.3 is 0 Å². The molecule has 0 fully saturated rings. The number of hydrogen-bond donors (Lipinski definition) is 0. The second kappa shape index (κ2) is 14.0. The molecule has 0 saturated carbocycles. The van der Waals surface area contributed by atoms with E-state index in [1.54, 1.807) is 0 Å². The Kier molecular flexibility index (Phi) is 8.31. The van der Waals surface area contributed by atoms with Crippen LogP contribution in [0.4, 0.5) is 0 Å². The average Bonchev–Trinajstić information content (AvgIpc) is 3.83. The highest BCUT2D eigenvalue weighted by Crippen LogP contribution is 2.40. The third-order valence-electron chi connectivity index (χ3n) is 12.0. The van der Waals surface area contributed by atoms with Gasteiger partial charge in [0.2, 0.25) is 0 Å². The van der Waals surface area contributed by atoms with Crippen molar-refractivity contribution in [1.29, 1.82) is 0 Å². The topological polar surface area (TPSA) is 48.5 Å². The molecule has 4 aromatic heterocycles. The lowest BCUT2D eigenvalue weighted by Gasteiger charge is -2.15. The van der Waals surface area contributed by atoms with Crippen LogP contribution in [0.15, 0.2) is 176 Å². The molecule has 5 heteroatoms. The van der Waals surface area contributed by atoms with E-state index >= 15 is 0 Å². The summed E-state index contributed by atoms with van der Waals surface area (Å²) >= 11 is 0. The van der Waals surface area contributed by atoms with Crippen LogP contribution in [0.1, 0.15) is 22.3 Å². The highest BCUT2D eigenvalue weighted by atomic mass is 15.1. The lowest BCUT2D eigenvalue weighted by molar-refractivity contribution is 1.01. The number of hydrogen-bond acceptors (Lipinski definition) is 3. The molecule has 0 amide bonds. The van der Waals surface area contributed by atoms with Gasteiger partial charge in [0.25, 0.3) is 0 Å². The number of aryl methyl sites for hydroxylation is 4. The zero-order chi connectivity index (χ0) is 40.5. The maximum Gasteiger partial charge on any atom is 0.160 e. The van der Waals surface area contributed by atoms with E-state index in [9.17, 15) is 0 Å². The van der Waals surface area contributed by atoms with Crippen LogP contribution in [0.3, 0.4) is 0 Å². The summed E-state index contributed by atoms with van der Waals surface area (Å²) in [5, 5.41) is 5.04. The molecular formula is C55H41N5. The molecule has 4 heterocycles. The zero-order valence-electron chi connectivity index (χ0n) is 34.0. The number of fused-ring (bicyclic) bond motifs is 6. The SMILES string of the molecule is Cc1cccc2c1c1c(C)cccc1n2-c1cc(-c2cccc(-c3cc(-c4ccccc4)nc(-c4ccccc4)n3)c2)cc(-n2c3cccc(C)c3c3c(C)cccc32)n1. The van der Waals surface area contributed by atoms with E-state index < -0.39 is 0 Å². The molecule has 0 saturated heterocycles. The number of benzene rings is 7. The molecule has 0 bridgehead atoms. The van der Waals surface area contributed by atoms with E-state index in [1.807, 2.05) is 24.3 Å². The van der Waals surface area contributed by atoms with Crippen LogP contribution < -0.4 is 0 Å². The predicted molar refractivity (Wildman–Crippen MR) is 249 cm³/mol. The summed E-state index contributed by atoms with van der Waals surface area (Å²) in [5.41, 5.74) is 16.5.